The fourth-order valence-electron chi connectivity index (χ4n) is 6.55. The summed E-state index contributed by atoms with van der Waals surface area (Å²) >= 11 is 0. The second-order valence-electron chi connectivity index (χ2n) is 11.9. The van der Waals surface area contributed by atoms with Gasteiger partial charge in [-0.1, -0.05) is 44.2 Å². The Morgan fingerprint density at radius 2 is 1.95 bits per heavy atom. The van der Waals surface area contributed by atoms with E-state index in [4.69, 9.17) is 9.47 Å². The number of aryl methyl sites for hydroxylation is 1. The summed E-state index contributed by atoms with van der Waals surface area (Å²) in [5, 5.41) is 9.73. The lowest BCUT2D eigenvalue weighted by Crippen LogP contribution is -2.44. The Labute approximate surface area is 235 Å². The van der Waals surface area contributed by atoms with Crippen LogP contribution in [0, 0.1) is 23.6 Å². The van der Waals surface area contributed by atoms with Crippen LogP contribution in [0.4, 0.5) is 4.39 Å². The maximum atomic E-state index is 15.0. The summed E-state index contributed by atoms with van der Waals surface area (Å²) in [5.41, 5.74) is 5.68. The van der Waals surface area contributed by atoms with E-state index in [9.17, 15) is 14.3 Å². The minimum absolute atomic E-state index is 0.00355. The maximum Gasteiger partial charge on any atom is 0.306 e. The van der Waals surface area contributed by atoms with Crippen LogP contribution in [0.2, 0.25) is 0 Å². The van der Waals surface area contributed by atoms with E-state index in [1.165, 1.54) is 13.3 Å². The van der Waals surface area contributed by atoms with Gasteiger partial charge in [0.2, 0.25) is 5.88 Å². The van der Waals surface area contributed by atoms with Gasteiger partial charge in [-0.25, -0.2) is 9.37 Å². The number of rotatable bonds is 9. The number of halogens is 1. The van der Waals surface area contributed by atoms with Crippen LogP contribution in [-0.4, -0.2) is 41.2 Å². The van der Waals surface area contributed by atoms with Gasteiger partial charge in [0.05, 0.1) is 19.2 Å². The molecule has 40 heavy (non-hydrogen) atoms. The molecule has 1 N–H and O–H groups in total. The lowest BCUT2D eigenvalue weighted by Gasteiger charge is -2.38. The van der Waals surface area contributed by atoms with E-state index >= 15 is 0 Å². The number of fused-ring (bicyclic) bond motifs is 1. The van der Waals surface area contributed by atoms with E-state index in [-0.39, 0.29) is 17.8 Å². The highest BCUT2D eigenvalue weighted by Gasteiger charge is 2.39. The minimum Gasteiger partial charge on any atom is -0.485 e. The molecule has 0 bridgehead atoms. The Balaban J connectivity index is 1.31. The summed E-state index contributed by atoms with van der Waals surface area (Å²) in [6.45, 7) is 6.85. The summed E-state index contributed by atoms with van der Waals surface area (Å²) in [7, 11) is 1.54. The average Bonchev–Trinajstić information content (AvgIpc) is 3.77. The number of hydrogen-bond donors (Lipinski definition) is 1. The van der Waals surface area contributed by atoms with Gasteiger partial charge in [0.15, 0.2) is 0 Å². The zero-order valence-electron chi connectivity index (χ0n) is 23.4. The molecular weight excluding hydrogens is 507 g/mol. The van der Waals surface area contributed by atoms with Crippen molar-refractivity contribution in [1.29, 1.82) is 0 Å². The van der Waals surface area contributed by atoms with Crippen LogP contribution in [0.25, 0.3) is 11.1 Å². The summed E-state index contributed by atoms with van der Waals surface area (Å²) < 4.78 is 26.9. The van der Waals surface area contributed by atoms with Crippen LogP contribution in [0.1, 0.15) is 67.4 Å². The molecule has 0 radical (unpaired) electrons. The molecule has 3 aliphatic rings. The highest BCUT2D eigenvalue weighted by molar-refractivity contribution is 5.71. The van der Waals surface area contributed by atoms with Gasteiger partial charge < -0.3 is 14.6 Å². The summed E-state index contributed by atoms with van der Waals surface area (Å²) in [6.07, 6.45) is 4.99. The van der Waals surface area contributed by atoms with Crippen LogP contribution < -0.4 is 9.47 Å². The van der Waals surface area contributed by atoms with E-state index < -0.39 is 11.9 Å². The van der Waals surface area contributed by atoms with Crippen molar-refractivity contribution in [2.24, 2.45) is 17.8 Å². The van der Waals surface area contributed by atoms with E-state index in [0.717, 1.165) is 78.9 Å². The van der Waals surface area contributed by atoms with Crippen molar-refractivity contribution in [2.45, 2.75) is 58.1 Å². The standard InChI is InChI=1S/C33H37FN2O4/c1-19-16-36(17-19)18-25-12-23(8-10-26(25)27-14-31(39-3)35-15-28(27)34)29-11-9-21-4-7-24(13-30(21)40-29)32(22-5-6-22)20(2)33(37)38/h4,7-8,10,12-15,19-20,22,29,32H,5-6,9,11,16-18H2,1-3H3,(H,37,38)/t20-,29?,32?/m0/s1. The second kappa shape index (κ2) is 10.8. The molecule has 0 amide bonds. The lowest BCUT2D eigenvalue weighted by molar-refractivity contribution is -0.142. The molecule has 3 atom stereocenters. The molecule has 210 valence electrons. The normalized spacial score (nSPS) is 20.6. The first kappa shape index (κ1) is 26.8. The number of nitrogens with zero attached hydrogens (tertiary/aromatic N) is 2. The third-order valence-electron chi connectivity index (χ3n) is 8.84. The molecular formula is C33H37FN2O4. The molecule has 3 heterocycles. The van der Waals surface area contributed by atoms with E-state index in [1.807, 2.05) is 19.1 Å². The quantitative estimate of drug-likeness (QED) is 0.326. The first-order valence-corrected chi connectivity index (χ1v) is 14.4. The summed E-state index contributed by atoms with van der Waals surface area (Å²) in [6, 6.07) is 14.2. The van der Waals surface area contributed by atoms with Gasteiger partial charge in [-0.3, -0.25) is 9.69 Å². The number of carboxylic acids is 1. The predicted octanol–water partition coefficient (Wildman–Crippen LogP) is 6.63. The number of hydrogen-bond acceptors (Lipinski definition) is 5. The van der Waals surface area contributed by atoms with Crippen LogP contribution >= 0.6 is 0 Å². The number of benzene rings is 2. The van der Waals surface area contributed by atoms with Gasteiger partial charge in [-0.2, -0.15) is 0 Å². The zero-order valence-corrected chi connectivity index (χ0v) is 23.4. The van der Waals surface area contributed by atoms with Crippen molar-refractivity contribution < 1.29 is 23.8 Å². The Hall–Kier alpha value is -3.45. The molecule has 2 aromatic carbocycles. The smallest absolute Gasteiger partial charge is 0.306 e. The number of carboxylic acid groups (broad SMARTS) is 1. The van der Waals surface area contributed by atoms with E-state index in [2.05, 4.69) is 41.1 Å². The highest BCUT2D eigenvalue weighted by atomic mass is 19.1. The van der Waals surface area contributed by atoms with Crippen molar-refractivity contribution in [3.63, 3.8) is 0 Å². The minimum atomic E-state index is -0.749. The first-order chi connectivity index (χ1) is 19.3. The Morgan fingerprint density at radius 1 is 1.15 bits per heavy atom. The summed E-state index contributed by atoms with van der Waals surface area (Å²) in [5.74, 6) is 0.775. The molecule has 2 fully saturated rings. The van der Waals surface area contributed by atoms with E-state index in [1.54, 1.807) is 6.07 Å². The number of aromatic nitrogens is 1. The Kier molecular flexibility index (Phi) is 7.26. The lowest BCUT2D eigenvalue weighted by atomic mass is 9.82. The third-order valence-corrected chi connectivity index (χ3v) is 8.84. The highest BCUT2D eigenvalue weighted by Crippen LogP contribution is 2.48. The van der Waals surface area contributed by atoms with E-state index in [0.29, 0.717) is 23.3 Å². The molecule has 6 rings (SSSR count). The van der Waals surface area contributed by atoms with Crippen molar-refractivity contribution >= 4 is 5.97 Å². The largest absolute Gasteiger partial charge is 0.485 e. The second-order valence-corrected chi connectivity index (χ2v) is 11.9. The first-order valence-electron chi connectivity index (χ1n) is 14.4. The van der Waals surface area contributed by atoms with Gasteiger partial charge >= 0.3 is 5.97 Å². The molecule has 1 aromatic heterocycles. The molecule has 1 saturated carbocycles. The van der Waals surface area contributed by atoms with Crippen LogP contribution in [0.3, 0.4) is 0 Å². The molecule has 1 aliphatic carbocycles. The number of likely N-dealkylation sites (tertiary alicyclic amines) is 1. The molecule has 2 unspecified atom stereocenters. The van der Waals surface area contributed by atoms with Gasteiger partial charge in [-0.05, 0) is 77.3 Å². The fourth-order valence-corrected chi connectivity index (χ4v) is 6.55. The fraction of sp³-hybridized carbons (Fsp3) is 0.455. The number of ether oxygens (including phenoxy) is 2. The van der Waals surface area contributed by atoms with Gasteiger partial charge in [-0.15, -0.1) is 0 Å². The van der Waals surface area contributed by atoms with Gasteiger partial charge in [0.25, 0.3) is 0 Å². The number of aliphatic carboxylic acids is 1. The zero-order chi connectivity index (χ0) is 28.0. The molecule has 2 aliphatic heterocycles. The van der Waals surface area contributed by atoms with Gasteiger partial charge in [0, 0.05) is 31.3 Å². The topological polar surface area (TPSA) is 71.9 Å². The van der Waals surface area contributed by atoms with Crippen LogP contribution in [-0.2, 0) is 17.8 Å². The SMILES string of the molecule is COc1cc(-c2ccc(C3CCc4ccc(C(C5CC5)[C@H](C)C(=O)O)cc4O3)cc2CN2CC(C)C2)c(F)cn1. The Morgan fingerprint density at radius 3 is 2.65 bits per heavy atom. The number of carbonyl (C=O) groups is 1. The third kappa shape index (κ3) is 5.31. The van der Waals surface area contributed by atoms with Crippen LogP contribution in [0.5, 0.6) is 11.6 Å². The van der Waals surface area contributed by atoms with Gasteiger partial charge in [0.1, 0.15) is 17.7 Å². The number of pyridine rings is 1. The van der Waals surface area contributed by atoms with Crippen molar-refractivity contribution in [2.75, 3.05) is 20.2 Å². The molecule has 3 aromatic rings. The van der Waals surface area contributed by atoms with Crippen molar-refractivity contribution in [3.05, 3.63) is 76.7 Å². The number of methoxy groups -OCH3 is 1. The molecule has 0 spiro atoms. The van der Waals surface area contributed by atoms with Crippen LogP contribution in [0.15, 0.2) is 48.7 Å². The predicted molar refractivity (Wildman–Crippen MR) is 151 cm³/mol. The molecule has 7 heteroatoms. The summed E-state index contributed by atoms with van der Waals surface area (Å²) in [4.78, 5) is 18.2. The monoisotopic (exact) mass is 544 g/mol. The van der Waals surface area contributed by atoms with Crippen molar-refractivity contribution in [3.8, 4) is 22.8 Å². The van der Waals surface area contributed by atoms with Crippen molar-refractivity contribution in [1.82, 2.24) is 9.88 Å². The molecule has 1 saturated heterocycles. The maximum absolute atomic E-state index is 15.0. The Bertz CT molecular complexity index is 1420. The average molecular weight is 545 g/mol. The molecule has 6 nitrogen and oxygen atoms in total.